The molecule has 0 spiro atoms. The maximum Gasteiger partial charge on any atom is 0.345 e. The number of hydrogen-bond donors (Lipinski definition) is 0. The standard InChI is InChI=1S/C16H16Cl4Si3/c1-3-21(4-2,15-11-7-5-8-12-15)22(17,23(18,19)20)16-13-9-6-10-14-16/h3-14H,1-2H2. The summed E-state index contributed by atoms with van der Waals surface area (Å²) < 4.78 is 0. The van der Waals surface area contributed by atoms with Gasteiger partial charge in [-0.15, -0.1) is 46.4 Å². The molecule has 0 aliphatic carbocycles. The lowest BCUT2D eigenvalue weighted by Gasteiger charge is -2.43. The van der Waals surface area contributed by atoms with Crippen molar-refractivity contribution in [2.45, 2.75) is 0 Å². The summed E-state index contributed by atoms with van der Waals surface area (Å²) in [6.07, 6.45) is -3.04. The molecule has 0 radical (unpaired) electrons. The molecule has 0 N–H and O–H groups in total. The van der Waals surface area contributed by atoms with Gasteiger partial charge < -0.3 is 0 Å². The van der Waals surface area contributed by atoms with Crippen LogP contribution >= 0.6 is 44.3 Å². The molecule has 0 fully saturated rings. The third kappa shape index (κ3) is 3.16. The zero-order chi connectivity index (χ0) is 17.1. The van der Waals surface area contributed by atoms with Crippen LogP contribution in [0.15, 0.2) is 85.2 Å². The molecule has 23 heavy (non-hydrogen) atoms. The van der Waals surface area contributed by atoms with E-state index in [0.29, 0.717) is 0 Å². The number of halogens is 4. The molecule has 0 saturated heterocycles. The lowest BCUT2D eigenvalue weighted by molar-refractivity contribution is 1.75. The Labute approximate surface area is 158 Å². The molecule has 0 bridgehead atoms. The fourth-order valence-electron chi connectivity index (χ4n) is 2.82. The van der Waals surface area contributed by atoms with Crippen molar-refractivity contribution in [3.8, 4) is 0 Å². The van der Waals surface area contributed by atoms with Gasteiger partial charge >= 0.3 is 5.52 Å². The van der Waals surface area contributed by atoms with E-state index in [9.17, 15) is 0 Å². The Kier molecular flexibility index (Phi) is 6.06. The van der Waals surface area contributed by atoms with Crippen molar-refractivity contribution in [3.63, 3.8) is 0 Å². The zero-order valence-electron chi connectivity index (χ0n) is 12.4. The van der Waals surface area contributed by atoms with Crippen LogP contribution in [0.5, 0.6) is 0 Å². The number of hydrogen-bond acceptors (Lipinski definition) is 0. The fourth-order valence-corrected chi connectivity index (χ4v) is 41.0. The van der Waals surface area contributed by atoms with Crippen molar-refractivity contribution in [3.05, 3.63) is 85.2 Å². The van der Waals surface area contributed by atoms with Crippen molar-refractivity contribution in [2.75, 3.05) is 0 Å². The Balaban J connectivity index is 2.85. The zero-order valence-corrected chi connectivity index (χ0v) is 18.4. The van der Waals surface area contributed by atoms with Gasteiger partial charge in [0.25, 0.3) is 0 Å². The molecule has 2 aromatic carbocycles. The molecule has 0 aliphatic heterocycles. The van der Waals surface area contributed by atoms with Gasteiger partial charge in [-0.2, -0.15) is 11.1 Å². The lowest BCUT2D eigenvalue weighted by Crippen LogP contribution is -2.79. The molecular weight excluding hydrogens is 418 g/mol. The van der Waals surface area contributed by atoms with Gasteiger partial charge in [0.05, 0.1) is 0 Å². The van der Waals surface area contributed by atoms with Gasteiger partial charge in [-0.25, -0.2) is 0 Å². The Bertz CT molecular complexity index is 677. The maximum absolute atomic E-state index is 7.32. The van der Waals surface area contributed by atoms with E-state index in [1.54, 1.807) is 0 Å². The van der Waals surface area contributed by atoms with Crippen molar-refractivity contribution < 1.29 is 0 Å². The molecule has 120 valence electrons. The minimum atomic E-state index is -3.27. The van der Waals surface area contributed by atoms with Crippen LogP contribution in [0.1, 0.15) is 0 Å². The molecule has 2 rings (SSSR count). The first-order valence-electron chi connectivity index (χ1n) is 6.97. The summed E-state index contributed by atoms with van der Waals surface area (Å²) >= 11 is 27.1. The largest absolute Gasteiger partial charge is 0.345 e. The summed E-state index contributed by atoms with van der Waals surface area (Å²) in [7, 11) is -2.65. The first-order valence-corrected chi connectivity index (χ1v) is 19.2. The molecule has 7 heteroatoms. The number of benzene rings is 2. The molecule has 0 aromatic heterocycles. The highest BCUT2D eigenvalue weighted by atomic mass is 35.9. The van der Waals surface area contributed by atoms with Crippen LogP contribution in [0.4, 0.5) is 0 Å². The van der Waals surface area contributed by atoms with Crippen LogP contribution in [0.2, 0.25) is 0 Å². The predicted molar refractivity (Wildman–Crippen MR) is 113 cm³/mol. The van der Waals surface area contributed by atoms with E-state index >= 15 is 0 Å². The Morgan fingerprint density at radius 3 is 1.39 bits per heavy atom. The highest BCUT2D eigenvalue weighted by molar-refractivity contribution is 8.09. The lowest BCUT2D eigenvalue weighted by atomic mass is 10.4. The summed E-state index contributed by atoms with van der Waals surface area (Å²) in [6.45, 7) is 8.15. The van der Waals surface area contributed by atoms with E-state index in [1.165, 1.54) is 0 Å². The third-order valence-electron chi connectivity index (χ3n) is 4.03. The molecule has 0 aliphatic rings. The van der Waals surface area contributed by atoms with Crippen LogP contribution in [0.3, 0.4) is 0 Å². The van der Waals surface area contributed by atoms with Crippen LogP contribution in [0, 0.1) is 0 Å². The maximum atomic E-state index is 7.32. The highest BCUT2D eigenvalue weighted by Gasteiger charge is 2.66. The van der Waals surface area contributed by atoms with Gasteiger partial charge in [-0.05, 0) is 5.19 Å². The van der Waals surface area contributed by atoms with Gasteiger partial charge in [0.15, 0.2) is 0 Å². The summed E-state index contributed by atoms with van der Waals surface area (Å²) in [4.78, 5) is 0. The van der Waals surface area contributed by atoms with Gasteiger partial charge in [0.2, 0.25) is 6.42 Å². The Hall–Kier alpha value is -0.269. The van der Waals surface area contributed by atoms with Gasteiger partial charge in [0, 0.05) is 0 Å². The normalized spacial score (nSPS) is 14.8. The topological polar surface area (TPSA) is 0 Å². The second-order valence-corrected chi connectivity index (χ2v) is 35.2. The van der Waals surface area contributed by atoms with Crippen molar-refractivity contribution in [2.24, 2.45) is 0 Å². The molecular formula is C16H16Cl4Si3. The summed E-state index contributed by atoms with van der Waals surface area (Å²) in [5.41, 5.74) is 0.555. The van der Waals surface area contributed by atoms with Crippen LogP contribution in [-0.2, 0) is 0 Å². The van der Waals surface area contributed by atoms with E-state index in [-0.39, 0.29) is 0 Å². The van der Waals surface area contributed by atoms with Gasteiger partial charge in [0.1, 0.15) is 7.59 Å². The van der Waals surface area contributed by atoms with Gasteiger partial charge in [-0.1, -0.05) is 77.2 Å². The molecule has 1 unspecified atom stereocenters. The van der Waals surface area contributed by atoms with Crippen LogP contribution < -0.4 is 10.4 Å². The molecule has 0 amide bonds. The summed E-state index contributed by atoms with van der Waals surface area (Å²) in [5, 5.41) is 2.01. The molecule has 1 atom stereocenters. The second-order valence-electron chi connectivity index (χ2n) is 5.17. The molecule has 0 saturated carbocycles. The minimum Gasteiger partial charge on any atom is -0.162 e. The number of rotatable bonds is 6. The summed E-state index contributed by atoms with van der Waals surface area (Å²) in [5.74, 6) is 0. The van der Waals surface area contributed by atoms with Crippen molar-refractivity contribution in [1.82, 2.24) is 0 Å². The van der Waals surface area contributed by atoms with E-state index in [0.717, 1.165) is 10.4 Å². The summed E-state index contributed by atoms with van der Waals surface area (Å²) in [6, 6.07) is 19.7. The van der Waals surface area contributed by atoms with E-state index in [2.05, 4.69) is 13.2 Å². The third-order valence-corrected chi connectivity index (χ3v) is 46.9. The highest BCUT2D eigenvalue weighted by Crippen LogP contribution is 2.40. The monoisotopic (exact) mass is 432 g/mol. The molecule has 0 nitrogen and oxygen atoms in total. The predicted octanol–water partition coefficient (Wildman–Crippen LogP) is 4.70. The second kappa shape index (κ2) is 7.32. The SMILES string of the molecule is C=C[Si](C=C)(c1ccccc1)[Si](Cl)(c1ccccc1)[Si](Cl)(Cl)Cl. The van der Waals surface area contributed by atoms with Crippen LogP contribution in [-0.4, -0.2) is 19.5 Å². The van der Waals surface area contributed by atoms with E-state index in [4.69, 9.17) is 44.3 Å². The fraction of sp³-hybridized carbons (Fsp3) is 0. The quantitative estimate of drug-likeness (QED) is 0.457. The van der Waals surface area contributed by atoms with Crippen LogP contribution in [0.25, 0.3) is 0 Å². The van der Waals surface area contributed by atoms with E-state index < -0.39 is 19.5 Å². The van der Waals surface area contributed by atoms with Crippen molar-refractivity contribution >= 4 is 74.2 Å². The first kappa shape index (κ1) is 19.1. The molecule has 2 aromatic rings. The average molecular weight is 434 g/mol. The van der Waals surface area contributed by atoms with Crippen molar-refractivity contribution in [1.29, 1.82) is 0 Å². The Morgan fingerprint density at radius 2 is 1.04 bits per heavy atom. The van der Waals surface area contributed by atoms with E-state index in [1.807, 2.05) is 72.1 Å². The Morgan fingerprint density at radius 1 is 0.652 bits per heavy atom. The minimum absolute atomic E-state index is 0.934. The molecule has 0 heterocycles. The first-order chi connectivity index (χ1) is 10.8. The van der Waals surface area contributed by atoms with Gasteiger partial charge in [-0.3, -0.25) is 0 Å². The smallest absolute Gasteiger partial charge is 0.162 e. The average Bonchev–Trinajstić information content (AvgIpc) is 2.57.